The second-order valence-corrected chi connectivity index (χ2v) is 7.35. The smallest absolute Gasteiger partial charge is 0.416 e. The fraction of sp³-hybridized carbons (Fsp3) is 0.500. The quantitative estimate of drug-likeness (QED) is 0.684. The molecule has 1 aliphatic heterocycles. The van der Waals surface area contributed by atoms with E-state index in [2.05, 4.69) is 10.2 Å². The lowest BCUT2D eigenvalue weighted by molar-refractivity contribution is -0.206. The number of carbonyl (C=O) groups excluding carboxylic acids is 1. The third-order valence-electron chi connectivity index (χ3n) is 5.05. The van der Waals surface area contributed by atoms with E-state index in [-0.39, 0.29) is 18.3 Å². The van der Waals surface area contributed by atoms with Crippen molar-refractivity contribution in [1.82, 2.24) is 15.1 Å². The van der Waals surface area contributed by atoms with Crippen LogP contribution >= 0.6 is 0 Å². The number of hydrogen-bond donors (Lipinski definition) is 2. The number of halogens is 3. The molecule has 0 saturated carbocycles. The number of amides is 1. The topological polar surface area (TPSA) is 90.9 Å². The van der Waals surface area contributed by atoms with E-state index in [4.69, 9.17) is 9.47 Å². The van der Waals surface area contributed by atoms with Crippen molar-refractivity contribution >= 4 is 11.7 Å². The van der Waals surface area contributed by atoms with Gasteiger partial charge >= 0.3 is 6.18 Å². The van der Waals surface area contributed by atoms with Crippen LogP contribution in [0.25, 0.3) is 0 Å². The molecule has 1 saturated heterocycles. The number of ether oxygens (including phenoxy) is 2. The van der Waals surface area contributed by atoms with Crippen LogP contribution in [0, 0.1) is 0 Å². The van der Waals surface area contributed by atoms with Crippen LogP contribution in [-0.4, -0.2) is 77.8 Å². The minimum absolute atomic E-state index is 0.0385. The van der Waals surface area contributed by atoms with E-state index < -0.39 is 24.7 Å². The molecule has 0 spiro atoms. The molecule has 2 atom stereocenters. The van der Waals surface area contributed by atoms with Gasteiger partial charge in [-0.15, -0.1) is 0 Å². The van der Waals surface area contributed by atoms with Crippen LogP contribution in [-0.2, 0) is 11.3 Å². The van der Waals surface area contributed by atoms with Crippen LogP contribution in [0.4, 0.5) is 19.0 Å². The standard InChI is InChI=1S/C20H25F3N4O4/c1-13-12-31-8-7-27(13)18-9-16(24-25-18)19(29)26(11-17(28)20(21,22)23)10-14-3-5-15(30-2)6-4-14/h3-6,9,13,17,28H,7-8,10-12H2,1-2H3,(H,24,25)/t13-,17?/m1/s1. The lowest BCUT2D eigenvalue weighted by Gasteiger charge is -2.33. The Morgan fingerprint density at radius 2 is 2.13 bits per heavy atom. The third-order valence-corrected chi connectivity index (χ3v) is 5.05. The van der Waals surface area contributed by atoms with Crippen LogP contribution in [0.5, 0.6) is 5.75 Å². The number of carbonyl (C=O) groups is 1. The number of alkyl halides is 3. The molecule has 8 nitrogen and oxygen atoms in total. The van der Waals surface area contributed by atoms with Crippen molar-refractivity contribution < 1.29 is 32.5 Å². The van der Waals surface area contributed by atoms with E-state index in [0.717, 1.165) is 4.90 Å². The molecule has 1 fully saturated rings. The first-order valence-electron chi connectivity index (χ1n) is 9.76. The first-order chi connectivity index (χ1) is 14.7. The number of methoxy groups -OCH3 is 1. The summed E-state index contributed by atoms with van der Waals surface area (Å²) in [7, 11) is 1.50. The van der Waals surface area contributed by atoms with Gasteiger partial charge < -0.3 is 24.4 Å². The zero-order valence-electron chi connectivity index (χ0n) is 17.2. The predicted octanol–water partition coefficient (Wildman–Crippen LogP) is 2.21. The normalized spacial score (nSPS) is 18.0. The van der Waals surface area contributed by atoms with Crippen LogP contribution in [0.1, 0.15) is 23.0 Å². The van der Waals surface area contributed by atoms with Gasteiger partial charge in [-0.05, 0) is 24.6 Å². The molecule has 1 aromatic heterocycles. The molecule has 11 heteroatoms. The summed E-state index contributed by atoms with van der Waals surface area (Å²) < 4.78 is 49.3. The first kappa shape index (κ1) is 22.9. The Labute approximate surface area is 177 Å². The Morgan fingerprint density at radius 3 is 2.74 bits per heavy atom. The molecule has 1 amide bonds. The number of aromatic amines is 1. The lowest BCUT2D eigenvalue weighted by atomic mass is 10.1. The number of aromatic nitrogens is 2. The monoisotopic (exact) mass is 442 g/mol. The predicted molar refractivity (Wildman–Crippen MR) is 106 cm³/mol. The lowest BCUT2D eigenvalue weighted by Crippen LogP contribution is -2.44. The van der Waals surface area contributed by atoms with Crippen molar-refractivity contribution in [2.24, 2.45) is 0 Å². The van der Waals surface area contributed by atoms with E-state index in [1.54, 1.807) is 24.3 Å². The largest absolute Gasteiger partial charge is 0.497 e. The summed E-state index contributed by atoms with van der Waals surface area (Å²) in [5.74, 6) is 0.397. The molecule has 0 aliphatic carbocycles. The van der Waals surface area contributed by atoms with Gasteiger partial charge in [0.2, 0.25) is 0 Å². The van der Waals surface area contributed by atoms with Crippen LogP contribution in [0.2, 0.25) is 0 Å². The van der Waals surface area contributed by atoms with E-state index in [9.17, 15) is 23.1 Å². The van der Waals surface area contributed by atoms with Gasteiger partial charge in [0.15, 0.2) is 11.9 Å². The number of aliphatic hydroxyl groups excluding tert-OH is 1. The van der Waals surface area contributed by atoms with Crippen LogP contribution < -0.4 is 9.64 Å². The summed E-state index contributed by atoms with van der Waals surface area (Å²) in [5.41, 5.74) is 0.627. The minimum Gasteiger partial charge on any atom is -0.497 e. The van der Waals surface area contributed by atoms with Gasteiger partial charge in [-0.3, -0.25) is 9.89 Å². The van der Waals surface area contributed by atoms with Gasteiger partial charge in [0.05, 0.1) is 32.9 Å². The Balaban J connectivity index is 1.81. The molecule has 31 heavy (non-hydrogen) atoms. The highest BCUT2D eigenvalue weighted by Crippen LogP contribution is 2.24. The first-order valence-corrected chi connectivity index (χ1v) is 9.76. The number of hydrogen-bond acceptors (Lipinski definition) is 6. The van der Waals surface area contributed by atoms with Gasteiger partial charge in [0.25, 0.3) is 5.91 Å². The highest BCUT2D eigenvalue weighted by molar-refractivity contribution is 5.93. The molecular weight excluding hydrogens is 417 g/mol. The SMILES string of the molecule is COc1ccc(CN(CC(O)C(F)(F)F)C(=O)c2cc(N3CCOC[C@H]3C)n[nH]2)cc1. The molecule has 0 bridgehead atoms. The fourth-order valence-corrected chi connectivity index (χ4v) is 3.29. The maximum atomic E-state index is 13.0. The average Bonchev–Trinajstić information content (AvgIpc) is 3.23. The average molecular weight is 442 g/mol. The molecule has 2 aromatic rings. The Kier molecular flexibility index (Phi) is 7.06. The van der Waals surface area contributed by atoms with Crippen molar-refractivity contribution in [2.45, 2.75) is 31.8 Å². The second-order valence-electron chi connectivity index (χ2n) is 7.35. The van der Waals surface area contributed by atoms with E-state index in [1.807, 2.05) is 11.8 Å². The highest BCUT2D eigenvalue weighted by atomic mass is 19.4. The maximum absolute atomic E-state index is 13.0. The third kappa shape index (κ3) is 5.67. The van der Waals surface area contributed by atoms with Gasteiger partial charge in [0, 0.05) is 19.2 Å². The number of benzene rings is 1. The molecule has 2 heterocycles. The number of anilines is 1. The molecule has 3 rings (SSSR count). The number of rotatable bonds is 7. The zero-order valence-corrected chi connectivity index (χ0v) is 17.2. The number of nitrogens with zero attached hydrogens (tertiary/aromatic N) is 3. The van der Waals surface area contributed by atoms with Gasteiger partial charge in [-0.2, -0.15) is 18.3 Å². The fourth-order valence-electron chi connectivity index (χ4n) is 3.29. The summed E-state index contributed by atoms with van der Waals surface area (Å²) in [4.78, 5) is 15.9. The molecule has 0 radical (unpaired) electrons. The second kappa shape index (κ2) is 9.56. The summed E-state index contributed by atoms with van der Waals surface area (Å²) >= 11 is 0. The molecule has 1 aromatic carbocycles. The van der Waals surface area contributed by atoms with E-state index in [0.29, 0.717) is 36.9 Å². The molecule has 1 aliphatic rings. The Hall–Kier alpha value is -2.79. The molecular formula is C20H25F3N4O4. The van der Waals surface area contributed by atoms with Crippen molar-refractivity contribution in [3.8, 4) is 5.75 Å². The summed E-state index contributed by atoms with van der Waals surface area (Å²) in [6.07, 6.45) is -7.52. The van der Waals surface area contributed by atoms with Crippen LogP contribution in [0.15, 0.2) is 30.3 Å². The van der Waals surface area contributed by atoms with Crippen molar-refractivity contribution in [2.75, 3.05) is 38.3 Å². The highest BCUT2D eigenvalue weighted by Gasteiger charge is 2.40. The van der Waals surface area contributed by atoms with E-state index in [1.165, 1.54) is 13.2 Å². The Bertz CT molecular complexity index is 872. The zero-order chi connectivity index (χ0) is 22.6. The number of aliphatic hydroxyl groups is 1. The number of nitrogens with one attached hydrogen (secondary N) is 1. The number of morpholine rings is 1. The van der Waals surface area contributed by atoms with Gasteiger partial charge in [0.1, 0.15) is 11.4 Å². The van der Waals surface area contributed by atoms with Crippen molar-refractivity contribution in [1.29, 1.82) is 0 Å². The summed E-state index contributed by atoms with van der Waals surface area (Å²) in [6, 6.07) is 8.13. The molecule has 2 N–H and O–H groups in total. The maximum Gasteiger partial charge on any atom is 0.416 e. The van der Waals surface area contributed by atoms with Crippen molar-refractivity contribution in [3.63, 3.8) is 0 Å². The Morgan fingerprint density at radius 1 is 1.42 bits per heavy atom. The minimum atomic E-state index is -4.85. The van der Waals surface area contributed by atoms with Gasteiger partial charge in [-0.25, -0.2) is 0 Å². The van der Waals surface area contributed by atoms with Gasteiger partial charge in [-0.1, -0.05) is 12.1 Å². The summed E-state index contributed by atoms with van der Waals surface area (Å²) in [5, 5.41) is 16.3. The summed E-state index contributed by atoms with van der Waals surface area (Å²) in [6.45, 7) is 2.53. The van der Waals surface area contributed by atoms with E-state index >= 15 is 0 Å². The number of H-pyrrole nitrogens is 1. The molecule has 170 valence electrons. The molecule has 1 unspecified atom stereocenters. The van der Waals surface area contributed by atoms with Crippen molar-refractivity contribution in [3.05, 3.63) is 41.6 Å². The van der Waals surface area contributed by atoms with Crippen LogP contribution in [0.3, 0.4) is 0 Å².